The number of aliphatic hydroxyl groups is 1. The summed E-state index contributed by atoms with van der Waals surface area (Å²) in [6.07, 6.45) is 0. The molecule has 0 aliphatic heterocycles. The minimum atomic E-state index is -0.212. The number of rotatable bonds is 4. The summed E-state index contributed by atoms with van der Waals surface area (Å²) in [4.78, 5) is 4.56. The number of hydrogen-bond acceptors (Lipinski definition) is 3. The maximum absolute atomic E-state index is 9.60. The Labute approximate surface area is 128 Å². The number of benzene rings is 2. The number of fused-ring (bicyclic) bond motifs is 1. The SMILES string of the molecule is OCC(Nc1ccc2ccccc2n1)c1ccc(Cl)cc1. The molecule has 1 atom stereocenters. The third-order valence-corrected chi connectivity index (χ3v) is 3.63. The molecule has 0 amide bonds. The number of aliphatic hydroxyl groups excluding tert-OH is 1. The minimum absolute atomic E-state index is 0.0177. The van der Waals surface area contributed by atoms with Crippen LogP contribution in [0.1, 0.15) is 11.6 Å². The number of para-hydroxylation sites is 1. The fourth-order valence-electron chi connectivity index (χ4n) is 2.25. The van der Waals surface area contributed by atoms with Gasteiger partial charge in [0.05, 0.1) is 18.2 Å². The third-order valence-electron chi connectivity index (χ3n) is 3.38. The molecular formula is C17H15ClN2O. The molecule has 0 aliphatic carbocycles. The second kappa shape index (κ2) is 6.12. The number of nitrogens with zero attached hydrogens (tertiary/aromatic N) is 1. The van der Waals surface area contributed by atoms with Crippen LogP contribution in [0.2, 0.25) is 5.02 Å². The second-order valence-corrected chi connectivity index (χ2v) is 5.26. The van der Waals surface area contributed by atoms with Gasteiger partial charge in [-0.1, -0.05) is 41.9 Å². The van der Waals surface area contributed by atoms with Crippen molar-refractivity contribution in [3.63, 3.8) is 0 Å². The molecule has 1 heterocycles. The molecule has 0 aliphatic rings. The van der Waals surface area contributed by atoms with E-state index < -0.39 is 0 Å². The van der Waals surface area contributed by atoms with E-state index in [0.29, 0.717) is 5.02 Å². The van der Waals surface area contributed by atoms with Crippen molar-refractivity contribution in [2.75, 3.05) is 11.9 Å². The molecule has 0 spiro atoms. The monoisotopic (exact) mass is 298 g/mol. The third kappa shape index (κ3) is 3.15. The molecule has 2 N–H and O–H groups in total. The number of aromatic nitrogens is 1. The van der Waals surface area contributed by atoms with Gasteiger partial charge in [-0.25, -0.2) is 4.98 Å². The van der Waals surface area contributed by atoms with Crippen LogP contribution in [0.4, 0.5) is 5.82 Å². The van der Waals surface area contributed by atoms with Crippen LogP contribution >= 0.6 is 11.6 Å². The smallest absolute Gasteiger partial charge is 0.127 e. The van der Waals surface area contributed by atoms with Gasteiger partial charge in [0.25, 0.3) is 0 Å². The molecule has 0 radical (unpaired) electrons. The van der Waals surface area contributed by atoms with Crippen molar-refractivity contribution in [3.05, 3.63) is 71.2 Å². The van der Waals surface area contributed by atoms with Gasteiger partial charge in [0.15, 0.2) is 0 Å². The minimum Gasteiger partial charge on any atom is -0.394 e. The number of pyridine rings is 1. The average Bonchev–Trinajstić information content (AvgIpc) is 2.53. The lowest BCUT2D eigenvalue weighted by molar-refractivity contribution is 0.276. The first-order chi connectivity index (χ1) is 10.3. The number of halogens is 1. The summed E-state index contributed by atoms with van der Waals surface area (Å²) >= 11 is 5.89. The number of anilines is 1. The standard InChI is InChI=1S/C17H15ClN2O/c18-14-8-5-13(6-9-14)16(11-21)20-17-10-7-12-3-1-2-4-15(12)19-17/h1-10,16,21H,11H2,(H,19,20). The molecule has 3 nitrogen and oxygen atoms in total. The van der Waals surface area contributed by atoms with Crippen LogP contribution in [0.25, 0.3) is 10.9 Å². The molecule has 3 rings (SSSR count). The Morgan fingerprint density at radius 2 is 1.76 bits per heavy atom. The van der Waals surface area contributed by atoms with Crippen LogP contribution in [0.15, 0.2) is 60.7 Å². The summed E-state index contributed by atoms with van der Waals surface area (Å²) in [5.41, 5.74) is 1.90. The highest BCUT2D eigenvalue weighted by molar-refractivity contribution is 6.30. The molecule has 1 aromatic heterocycles. The van der Waals surface area contributed by atoms with E-state index in [1.807, 2.05) is 60.7 Å². The second-order valence-electron chi connectivity index (χ2n) is 4.82. The van der Waals surface area contributed by atoms with Crippen LogP contribution in [0, 0.1) is 0 Å². The molecule has 4 heteroatoms. The van der Waals surface area contributed by atoms with Crippen molar-refractivity contribution >= 4 is 28.3 Å². The van der Waals surface area contributed by atoms with Gasteiger partial charge in [-0.3, -0.25) is 0 Å². The molecule has 0 saturated heterocycles. The van der Waals surface area contributed by atoms with Crippen molar-refractivity contribution in [2.45, 2.75) is 6.04 Å². The van der Waals surface area contributed by atoms with E-state index in [4.69, 9.17) is 11.6 Å². The number of nitrogens with one attached hydrogen (secondary N) is 1. The van der Waals surface area contributed by atoms with Gasteiger partial charge in [0, 0.05) is 10.4 Å². The van der Waals surface area contributed by atoms with Crippen LogP contribution in [-0.2, 0) is 0 Å². The van der Waals surface area contributed by atoms with Crippen molar-refractivity contribution in [2.24, 2.45) is 0 Å². The van der Waals surface area contributed by atoms with Gasteiger partial charge in [-0.05, 0) is 35.9 Å². The first-order valence-electron chi connectivity index (χ1n) is 6.75. The van der Waals surface area contributed by atoms with Gasteiger partial charge in [0.1, 0.15) is 5.82 Å². The molecule has 0 fully saturated rings. The Bertz CT molecular complexity index is 743. The van der Waals surface area contributed by atoms with Gasteiger partial charge >= 0.3 is 0 Å². The summed E-state index contributed by atoms with van der Waals surface area (Å²) < 4.78 is 0. The van der Waals surface area contributed by atoms with Crippen molar-refractivity contribution < 1.29 is 5.11 Å². The Hall–Kier alpha value is -2.10. The normalized spacial score (nSPS) is 12.3. The molecular weight excluding hydrogens is 284 g/mol. The maximum atomic E-state index is 9.60. The molecule has 106 valence electrons. The predicted molar refractivity (Wildman–Crippen MR) is 86.6 cm³/mol. The highest BCUT2D eigenvalue weighted by atomic mass is 35.5. The topological polar surface area (TPSA) is 45.1 Å². The van der Waals surface area contributed by atoms with Crippen LogP contribution < -0.4 is 5.32 Å². The van der Waals surface area contributed by atoms with E-state index in [9.17, 15) is 5.11 Å². The fraction of sp³-hybridized carbons (Fsp3) is 0.118. The van der Waals surface area contributed by atoms with E-state index in [1.165, 1.54) is 0 Å². The Morgan fingerprint density at radius 1 is 1.00 bits per heavy atom. The highest BCUT2D eigenvalue weighted by Gasteiger charge is 2.11. The van der Waals surface area contributed by atoms with Crippen molar-refractivity contribution in [1.82, 2.24) is 4.98 Å². The van der Waals surface area contributed by atoms with E-state index in [2.05, 4.69) is 10.3 Å². The zero-order valence-corrected chi connectivity index (χ0v) is 12.1. The predicted octanol–water partition coefficient (Wildman–Crippen LogP) is 4.03. The van der Waals surface area contributed by atoms with Crippen molar-refractivity contribution in [1.29, 1.82) is 0 Å². The molecule has 0 saturated carbocycles. The maximum Gasteiger partial charge on any atom is 0.127 e. The zero-order valence-electron chi connectivity index (χ0n) is 11.3. The summed E-state index contributed by atoms with van der Waals surface area (Å²) in [7, 11) is 0. The van der Waals surface area contributed by atoms with Gasteiger partial charge in [-0.2, -0.15) is 0 Å². The van der Waals surface area contributed by atoms with E-state index in [0.717, 1.165) is 22.3 Å². The lowest BCUT2D eigenvalue weighted by Gasteiger charge is -2.17. The summed E-state index contributed by atoms with van der Waals surface area (Å²) in [5.74, 6) is 0.739. The Morgan fingerprint density at radius 3 is 2.52 bits per heavy atom. The largest absolute Gasteiger partial charge is 0.394 e. The molecule has 1 unspecified atom stereocenters. The van der Waals surface area contributed by atoms with E-state index in [-0.39, 0.29) is 12.6 Å². The first kappa shape index (κ1) is 13.9. The molecule has 21 heavy (non-hydrogen) atoms. The Kier molecular flexibility index (Phi) is 4.04. The van der Waals surface area contributed by atoms with E-state index in [1.54, 1.807) is 0 Å². The summed E-state index contributed by atoms with van der Waals surface area (Å²) in [6.45, 7) is -0.0177. The quantitative estimate of drug-likeness (QED) is 0.764. The van der Waals surface area contributed by atoms with E-state index >= 15 is 0 Å². The van der Waals surface area contributed by atoms with Crippen LogP contribution in [0.3, 0.4) is 0 Å². The molecule has 0 bridgehead atoms. The van der Waals surface area contributed by atoms with Crippen molar-refractivity contribution in [3.8, 4) is 0 Å². The first-order valence-corrected chi connectivity index (χ1v) is 7.13. The van der Waals surface area contributed by atoms with Gasteiger partial charge < -0.3 is 10.4 Å². The van der Waals surface area contributed by atoms with Crippen LogP contribution in [0.5, 0.6) is 0 Å². The Balaban J connectivity index is 1.86. The average molecular weight is 299 g/mol. The van der Waals surface area contributed by atoms with Crippen LogP contribution in [-0.4, -0.2) is 16.7 Å². The zero-order chi connectivity index (χ0) is 14.7. The molecule has 3 aromatic rings. The van der Waals surface area contributed by atoms with Gasteiger partial charge in [0.2, 0.25) is 0 Å². The molecule has 2 aromatic carbocycles. The highest BCUT2D eigenvalue weighted by Crippen LogP contribution is 2.22. The summed E-state index contributed by atoms with van der Waals surface area (Å²) in [6, 6.07) is 19.1. The summed E-state index contributed by atoms with van der Waals surface area (Å²) in [5, 5.41) is 14.6. The lowest BCUT2D eigenvalue weighted by Crippen LogP contribution is -2.15. The lowest BCUT2D eigenvalue weighted by atomic mass is 10.1. The number of hydrogen-bond donors (Lipinski definition) is 2. The fourth-order valence-corrected chi connectivity index (χ4v) is 2.38. The van der Waals surface area contributed by atoms with Gasteiger partial charge in [-0.15, -0.1) is 0 Å².